The minimum absolute atomic E-state index is 0.745. The summed E-state index contributed by atoms with van der Waals surface area (Å²) in [6.45, 7) is 4.25. The number of H-pyrrole nitrogens is 1. The molecule has 0 amide bonds. The first-order valence-corrected chi connectivity index (χ1v) is 9.83. The van der Waals surface area contributed by atoms with E-state index in [2.05, 4.69) is 56.6 Å². The maximum absolute atomic E-state index is 5.37. The lowest BCUT2D eigenvalue weighted by molar-refractivity contribution is 0.313. The van der Waals surface area contributed by atoms with Crippen LogP contribution < -0.4 is 15.0 Å². The number of rotatable bonds is 4. The predicted molar refractivity (Wildman–Crippen MR) is 117 cm³/mol. The zero-order valence-electron chi connectivity index (χ0n) is 16.6. The second-order valence-electron chi connectivity index (χ2n) is 7.46. The molecule has 2 aromatic carbocycles. The monoisotopic (exact) mass is 388 g/mol. The van der Waals surface area contributed by atoms with E-state index in [1.54, 1.807) is 7.11 Å². The average Bonchev–Trinajstić information content (AvgIpc) is 3.25. The van der Waals surface area contributed by atoms with Crippen LogP contribution in [-0.2, 0) is 0 Å². The van der Waals surface area contributed by atoms with Gasteiger partial charge in [0.05, 0.1) is 12.6 Å². The van der Waals surface area contributed by atoms with Crippen molar-refractivity contribution in [2.24, 2.45) is 0 Å². The molecule has 0 spiro atoms. The first-order valence-electron chi connectivity index (χ1n) is 9.83. The summed E-state index contributed by atoms with van der Waals surface area (Å²) in [5.74, 6) is 1.55. The van der Waals surface area contributed by atoms with Crippen LogP contribution in [0.5, 0.6) is 5.75 Å². The summed E-state index contributed by atoms with van der Waals surface area (Å²) in [5, 5.41) is 12.9. The topological polar surface area (TPSA) is 69.3 Å². The van der Waals surface area contributed by atoms with Gasteiger partial charge in [-0.25, -0.2) is 4.98 Å². The van der Waals surface area contributed by atoms with Crippen molar-refractivity contribution in [1.82, 2.24) is 20.1 Å². The number of hydrogen-bond donors (Lipinski definition) is 2. The number of piperazine rings is 1. The number of aromatic nitrogens is 3. The summed E-state index contributed by atoms with van der Waals surface area (Å²) in [6, 6.07) is 14.4. The lowest BCUT2D eigenvalue weighted by Crippen LogP contribution is -2.44. The van der Waals surface area contributed by atoms with Gasteiger partial charge in [0, 0.05) is 54.5 Å². The van der Waals surface area contributed by atoms with Crippen LogP contribution in [0.3, 0.4) is 0 Å². The maximum Gasteiger partial charge on any atom is 0.159 e. The fourth-order valence-corrected chi connectivity index (χ4v) is 3.87. The van der Waals surface area contributed by atoms with E-state index in [-0.39, 0.29) is 0 Å². The molecule has 1 fully saturated rings. The van der Waals surface area contributed by atoms with E-state index >= 15 is 0 Å². The van der Waals surface area contributed by atoms with Crippen LogP contribution in [0.15, 0.2) is 48.7 Å². The van der Waals surface area contributed by atoms with Crippen LogP contribution in [0.1, 0.15) is 0 Å². The number of aromatic amines is 1. The summed E-state index contributed by atoms with van der Waals surface area (Å²) in [4.78, 5) is 9.62. The standard InChI is InChI=1S/C22H24N6O/c1-27-8-10-28(11-9-27)16-5-3-4-15(12-16)24-22-21-19(14-23-26-21)18-13-17(29-2)6-7-20(18)25-22/h3-7,12-14H,8-11H2,1-2H3,(H,23,26)(H,24,25). The molecule has 4 aromatic rings. The van der Waals surface area contributed by atoms with Crippen LogP contribution in [0.25, 0.3) is 21.8 Å². The minimum Gasteiger partial charge on any atom is -0.497 e. The molecule has 2 N–H and O–H groups in total. The van der Waals surface area contributed by atoms with E-state index in [0.717, 1.165) is 65.2 Å². The van der Waals surface area contributed by atoms with Gasteiger partial charge in [0.15, 0.2) is 5.82 Å². The molecule has 29 heavy (non-hydrogen) atoms. The molecule has 3 heterocycles. The number of pyridine rings is 1. The van der Waals surface area contributed by atoms with Crippen LogP contribution >= 0.6 is 0 Å². The molecule has 148 valence electrons. The Kier molecular flexibility index (Phi) is 4.44. The number of fused-ring (bicyclic) bond motifs is 3. The van der Waals surface area contributed by atoms with E-state index in [4.69, 9.17) is 9.72 Å². The van der Waals surface area contributed by atoms with Crippen molar-refractivity contribution in [3.63, 3.8) is 0 Å². The Labute approximate surface area is 169 Å². The van der Waals surface area contributed by atoms with Gasteiger partial charge >= 0.3 is 0 Å². The van der Waals surface area contributed by atoms with Crippen LogP contribution in [0.2, 0.25) is 0 Å². The third kappa shape index (κ3) is 3.34. The zero-order valence-corrected chi connectivity index (χ0v) is 16.6. The molecule has 0 radical (unpaired) electrons. The highest BCUT2D eigenvalue weighted by molar-refractivity contribution is 6.09. The second kappa shape index (κ2) is 7.25. The fraction of sp³-hybridized carbons (Fsp3) is 0.273. The van der Waals surface area contributed by atoms with E-state index in [1.807, 2.05) is 24.4 Å². The van der Waals surface area contributed by atoms with E-state index in [9.17, 15) is 0 Å². The van der Waals surface area contributed by atoms with Gasteiger partial charge < -0.3 is 19.9 Å². The Balaban J connectivity index is 1.50. The molecular weight excluding hydrogens is 364 g/mol. The van der Waals surface area contributed by atoms with E-state index in [0.29, 0.717) is 0 Å². The van der Waals surface area contributed by atoms with Crippen molar-refractivity contribution in [3.8, 4) is 5.75 Å². The number of nitrogens with zero attached hydrogens (tertiary/aromatic N) is 4. The maximum atomic E-state index is 5.37. The molecule has 7 nitrogen and oxygen atoms in total. The normalized spacial score (nSPS) is 15.2. The number of benzene rings is 2. The number of ether oxygens (including phenoxy) is 1. The quantitative estimate of drug-likeness (QED) is 0.557. The summed E-state index contributed by atoms with van der Waals surface area (Å²) >= 11 is 0. The molecule has 1 saturated heterocycles. The van der Waals surface area contributed by atoms with Crippen LogP contribution in [0, 0.1) is 0 Å². The fourth-order valence-electron chi connectivity index (χ4n) is 3.87. The number of anilines is 3. The molecule has 0 unspecified atom stereocenters. The van der Waals surface area contributed by atoms with Crippen LogP contribution in [0.4, 0.5) is 17.2 Å². The van der Waals surface area contributed by atoms with Gasteiger partial charge in [-0.05, 0) is 43.4 Å². The smallest absolute Gasteiger partial charge is 0.159 e. The minimum atomic E-state index is 0.745. The van der Waals surface area contributed by atoms with E-state index < -0.39 is 0 Å². The van der Waals surface area contributed by atoms with Gasteiger partial charge in [0.2, 0.25) is 0 Å². The molecular formula is C22H24N6O. The van der Waals surface area contributed by atoms with Gasteiger partial charge in [0.25, 0.3) is 0 Å². The molecule has 2 aromatic heterocycles. The van der Waals surface area contributed by atoms with Crippen molar-refractivity contribution < 1.29 is 4.74 Å². The summed E-state index contributed by atoms with van der Waals surface area (Å²) in [5.41, 5.74) is 3.95. The third-order valence-corrected chi connectivity index (χ3v) is 5.57. The molecule has 7 heteroatoms. The molecule has 0 saturated carbocycles. The number of nitrogens with one attached hydrogen (secondary N) is 2. The van der Waals surface area contributed by atoms with Gasteiger partial charge in [0.1, 0.15) is 11.3 Å². The van der Waals surface area contributed by atoms with Crippen molar-refractivity contribution in [2.45, 2.75) is 0 Å². The van der Waals surface area contributed by atoms with Crippen molar-refractivity contribution >= 4 is 39.0 Å². The Hall–Kier alpha value is -3.32. The predicted octanol–water partition coefficient (Wildman–Crippen LogP) is 3.62. The Morgan fingerprint density at radius 2 is 1.90 bits per heavy atom. The highest BCUT2D eigenvalue weighted by Crippen LogP contribution is 2.32. The molecule has 5 rings (SSSR count). The largest absolute Gasteiger partial charge is 0.497 e. The lowest BCUT2D eigenvalue weighted by Gasteiger charge is -2.34. The first kappa shape index (κ1) is 17.8. The van der Waals surface area contributed by atoms with Crippen molar-refractivity contribution in [1.29, 1.82) is 0 Å². The first-order chi connectivity index (χ1) is 14.2. The summed E-state index contributed by atoms with van der Waals surface area (Å²) < 4.78 is 5.37. The number of hydrogen-bond acceptors (Lipinski definition) is 6. The summed E-state index contributed by atoms with van der Waals surface area (Å²) in [7, 11) is 3.84. The Bertz CT molecular complexity index is 1160. The van der Waals surface area contributed by atoms with E-state index in [1.165, 1.54) is 5.69 Å². The highest BCUT2D eigenvalue weighted by Gasteiger charge is 2.16. The van der Waals surface area contributed by atoms with Gasteiger partial charge in [-0.15, -0.1) is 0 Å². The third-order valence-electron chi connectivity index (χ3n) is 5.57. The Morgan fingerprint density at radius 1 is 1.03 bits per heavy atom. The molecule has 0 atom stereocenters. The van der Waals surface area contributed by atoms with Crippen molar-refractivity contribution in [3.05, 3.63) is 48.7 Å². The number of likely N-dealkylation sites (N-methyl/N-ethyl adjacent to an activating group) is 1. The zero-order chi connectivity index (χ0) is 19.8. The Morgan fingerprint density at radius 3 is 2.72 bits per heavy atom. The molecule has 1 aliphatic rings. The van der Waals surface area contributed by atoms with Gasteiger partial charge in [-0.3, -0.25) is 5.10 Å². The molecule has 1 aliphatic heterocycles. The highest BCUT2D eigenvalue weighted by atomic mass is 16.5. The molecule has 0 bridgehead atoms. The van der Waals surface area contributed by atoms with Crippen molar-refractivity contribution in [2.75, 3.05) is 50.6 Å². The van der Waals surface area contributed by atoms with Gasteiger partial charge in [-0.1, -0.05) is 6.07 Å². The lowest BCUT2D eigenvalue weighted by atomic mass is 10.1. The average molecular weight is 388 g/mol. The SMILES string of the molecule is COc1ccc2nc(Nc3cccc(N4CCN(C)CC4)c3)c3n[nH]cc3c2c1. The molecule has 0 aliphatic carbocycles. The number of methoxy groups -OCH3 is 1. The van der Waals surface area contributed by atoms with Gasteiger partial charge in [-0.2, -0.15) is 5.10 Å². The second-order valence-corrected chi connectivity index (χ2v) is 7.46. The summed E-state index contributed by atoms with van der Waals surface area (Å²) in [6.07, 6.45) is 1.91. The van der Waals surface area contributed by atoms with Crippen LogP contribution in [-0.4, -0.2) is 60.4 Å².